The first-order chi connectivity index (χ1) is 9.06. The molecular weight excluding hydrogens is 238 g/mol. The third-order valence-corrected chi connectivity index (χ3v) is 4.13. The van der Waals surface area contributed by atoms with Crippen molar-refractivity contribution in [2.45, 2.75) is 71.8 Å². The molecule has 110 valence electrons. The minimum Gasteiger partial charge on any atom is -0.346 e. The largest absolute Gasteiger partial charge is 0.346 e. The Morgan fingerprint density at radius 3 is 2.37 bits per heavy atom. The lowest BCUT2D eigenvalue weighted by atomic mass is 9.79. The van der Waals surface area contributed by atoms with Crippen LogP contribution in [0.25, 0.3) is 0 Å². The van der Waals surface area contributed by atoms with Crippen LogP contribution in [0.15, 0.2) is 0 Å². The van der Waals surface area contributed by atoms with Crippen LogP contribution in [-0.4, -0.2) is 18.2 Å². The van der Waals surface area contributed by atoms with Gasteiger partial charge in [0.2, 0.25) is 5.91 Å². The van der Waals surface area contributed by atoms with Gasteiger partial charge >= 0.3 is 0 Å². The van der Waals surface area contributed by atoms with E-state index in [1.54, 1.807) is 0 Å². The molecule has 0 aliphatic heterocycles. The lowest BCUT2D eigenvalue weighted by molar-refractivity contribution is -0.128. The number of aldehydes is 1. The molecule has 3 heteroatoms. The average molecular weight is 267 g/mol. The highest BCUT2D eigenvalue weighted by atomic mass is 16.2. The Hall–Kier alpha value is -0.860. The van der Waals surface area contributed by atoms with Gasteiger partial charge in [0.15, 0.2) is 0 Å². The van der Waals surface area contributed by atoms with Crippen LogP contribution >= 0.6 is 0 Å². The van der Waals surface area contributed by atoms with Crippen LogP contribution in [0.2, 0.25) is 0 Å². The van der Waals surface area contributed by atoms with Crippen molar-refractivity contribution < 1.29 is 9.59 Å². The summed E-state index contributed by atoms with van der Waals surface area (Å²) >= 11 is 0. The predicted octanol–water partition coefficient (Wildman–Crippen LogP) is 3.32. The zero-order chi connectivity index (χ0) is 14.3. The van der Waals surface area contributed by atoms with E-state index < -0.39 is 0 Å². The number of hydrogen-bond acceptors (Lipinski definition) is 2. The van der Waals surface area contributed by atoms with Crippen LogP contribution in [0.4, 0.5) is 0 Å². The first kappa shape index (κ1) is 16.2. The molecule has 0 heterocycles. The minimum absolute atomic E-state index is 0.0905. The highest BCUT2D eigenvalue weighted by molar-refractivity contribution is 5.81. The number of carbonyl (C=O) groups excluding carboxylic acids is 2. The van der Waals surface area contributed by atoms with E-state index in [0.717, 1.165) is 31.5 Å². The van der Waals surface area contributed by atoms with E-state index in [2.05, 4.69) is 26.1 Å². The number of hydrogen-bond donors (Lipinski definition) is 1. The summed E-state index contributed by atoms with van der Waals surface area (Å²) in [6.45, 7) is 6.36. The van der Waals surface area contributed by atoms with E-state index in [4.69, 9.17) is 0 Å². The van der Waals surface area contributed by atoms with Gasteiger partial charge < -0.3 is 10.1 Å². The Morgan fingerprint density at radius 1 is 1.26 bits per heavy atom. The minimum atomic E-state index is -0.305. The zero-order valence-electron chi connectivity index (χ0n) is 12.7. The molecule has 0 saturated heterocycles. The standard InChI is InChI=1S/C16H29NO2/c1-4-5-13-6-8-14(9-7-13)16(19)17-15(11-18)10-12(2)3/h11-15H,4-10H2,1-3H3,(H,17,19)/t13?,14?,15-/m0/s1. The summed E-state index contributed by atoms with van der Waals surface area (Å²) in [5.74, 6) is 1.46. The van der Waals surface area contributed by atoms with E-state index in [0.29, 0.717) is 5.92 Å². The van der Waals surface area contributed by atoms with Gasteiger partial charge in [0.25, 0.3) is 0 Å². The van der Waals surface area contributed by atoms with Gasteiger partial charge in [-0.05, 0) is 43.9 Å². The Bertz CT molecular complexity index is 280. The highest BCUT2D eigenvalue weighted by Crippen LogP contribution is 2.31. The normalized spacial score (nSPS) is 25.1. The first-order valence-electron chi connectivity index (χ1n) is 7.82. The van der Waals surface area contributed by atoms with E-state index in [1.807, 2.05) is 0 Å². The number of carbonyl (C=O) groups is 2. The van der Waals surface area contributed by atoms with Crippen LogP contribution in [0.3, 0.4) is 0 Å². The fraction of sp³-hybridized carbons (Fsp3) is 0.875. The van der Waals surface area contributed by atoms with Gasteiger partial charge in [-0.15, -0.1) is 0 Å². The van der Waals surface area contributed by atoms with Crippen LogP contribution in [0, 0.1) is 17.8 Å². The van der Waals surface area contributed by atoms with Crippen molar-refractivity contribution in [1.82, 2.24) is 5.32 Å². The van der Waals surface area contributed by atoms with Crippen molar-refractivity contribution in [2.24, 2.45) is 17.8 Å². The molecule has 0 aromatic heterocycles. The maximum atomic E-state index is 12.1. The monoisotopic (exact) mass is 267 g/mol. The van der Waals surface area contributed by atoms with Gasteiger partial charge in [0.1, 0.15) is 6.29 Å². The fourth-order valence-corrected chi connectivity index (χ4v) is 3.08. The number of nitrogens with one attached hydrogen (secondary N) is 1. The van der Waals surface area contributed by atoms with Crippen LogP contribution in [0.1, 0.15) is 65.7 Å². The molecule has 1 amide bonds. The molecule has 1 atom stereocenters. The first-order valence-corrected chi connectivity index (χ1v) is 7.82. The molecule has 19 heavy (non-hydrogen) atoms. The van der Waals surface area contributed by atoms with Crippen molar-refractivity contribution in [3.8, 4) is 0 Å². The Morgan fingerprint density at radius 2 is 1.89 bits per heavy atom. The molecule has 0 bridgehead atoms. The quantitative estimate of drug-likeness (QED) is 0.719. The van der Waals surface area contributed by atoms with Gasteiger partial charge in [0.05, 0.1) is 6.04 Å². The van der Waals surface area contributed by atoms with Crippen LogP contribution in [0.5, 0.6) is 0 Å². The van der Waals surface area contributed by atoms with Gasteiger partial charge in [-0.3, -0.25) is 4.79 Å². The summed E-state index contributed by atoms with van der Waals surface area (Å²) < 4.78 is 0. The molecule has 0 radical (unpaired) electrons. The molecular formula is C16H29NO2. The Kier molecular flexibility index (Phi) is 7.11. The predicted molar refractivity (Wildman–Crippen MR) is 77.8 cm³/mol. The lowest BCUT2D eigenvalue weighted by Gasteiger charge is -2.28. The van der Waals surface area contributed by atoms with E-state index in [1.165, 1.54) is 25.7 Å². The maximum absolute atomic E-state index is 12.1. The molecule has 1 fully saturated rings. The molecule has 1 saturated carbocycles. The molecule has 1 aliphatic rings. The second-order valence-electron chi connectivity index (χ2n) is 6.39. The molecule has 3 nitrogen and oxygen atoms in total. The van der Waals surface area contributed by atoms with Crippen molar-refractivity contribution in [3.05, 3.63) is 0 Å². The third kappa shape index (κ3) is 5.75. The second kappa shape index (κ2) is 8.34. The SMILES string of the molecule is CCCC1CCC(C(=O)N[C@H](C=O)CC(C)C)CC1. The summed E-state index contributed by atoms with van der Waals surface area (Å²) in [5.41, 5.74) is 0. The number of amides is 1. The van der Waals surface area contributed by atoms with Gasteiger partial charge in [-0.2, -0.15) is 0 Å². The molecule has 0 unspecified atom stereocenters. The van der Waals surface area contributed by atoms with Gasteiger partial charge in [-0.25, -0.2) is 0 Å². The smallest absolute Gasteiger partial charge is 0.223 e. The van der Waals surface area contributed by atoms with E-state index in [-0.39, 0.29) is 17.9 Å². The third-order valence-electron chi connectivity index (χ3n) is 4.13. The van der Waals surface area contributed by atoms with Crippen LogP contribution in [-0.2, 0) is 9.59 Å². The van der Waals surface area contributed by atoms with Crippen LogP contribution < -0.4 is 5.32 Å². The average Bonchev–Trinajstić information content (AvgIpc) is 2.38. The van der Waals surface area contributed by atoms with Gasteiger partial charge in [0, 0.05) is 5.92 Å². The zero-order valence-corrected chi connectivity index (χ0v) is 12.7. The topological polar surface area (TPSA) is 46.2 Å². The van der Waals surface area contributed by atoms with Crippen molar-refractivity contribution >= 4 is 12.2 Å². The maximum Gasteiger partial charge on any atom is 0.223 e. The van der Waals surface area contributed by atoms with Crippen molar-refractivity contribution in [2.75, 3.05) is 0 Å². The molecule has 1 rings (SSSR count). The van der Waals surface area contributed by atoms with E-state index >= 15 is 0 Å². The molecule has 1 N–H and O–H groups in total. The molecule has 0 aromatic carbocycles. The Labute approximate surface area is 117 Å². The molecule has 1 aliphatic carbocycles. The summed E-state index contributed by atoms with van der Waals surface area (Å²) in [6.07, 6.45) is 8.46. The van der Waals surface area contributed by atoms with Crippen molar-refractivity contribution in [3.63, 3.8) is 0 Å². The Balaban J connectivity index is 2.36. The summed E-state index contributed by atoms with van der Waals surface area (Å²) in [7, 11) is 0. The summed E-state index contributed by atoms with van der Waals surface area (Å²) in [4.78, 5) is 23.1. The fourth-order valence-electron chi connectivity index (χ4n) is 3.08. The van der Waals surface area contributed by atoms with Gasteiger partial charge in [-0.1, -0.05) is 33.6 Å². The molecule has 0 aromatic rings. The highest BCUT2D eigenvalue weighted by Gasteiger charge is 2.27. The van der Waals surface area contributed by atoms with E-state index in [9.17, 15) is 9.59 Å². The lowest BCUT2D eigenvalue weighted by Crippen LogP contribution is -2.41. The van der Waals surface area contributed by atoms with Crippen molar-refractivity contribution in [1.29, 1.82) is 0 Å². The second-order valence-corrected chi connectivity index (χ2v) is 6.39. The summed E-state index contributed by atoms with van der Waals surface area (Å²) in [5, 5.41) is 2.91. The summed E-state index contributed by atoms with van der Waals surface area (Å²) in [6, 6.07) is -0.305. The number of rotatable bonds is 7. The molecule has 0 spiro atoms.